The monoisotopic (exact) mass is 250 g/mol. The second-order valence-corrected chi connectivity index (χ2v) is 3.87. The van der Waals surface area contributed by atoms with Gasteiger partial charge in [0.15, 0.2) is 6.04 Å². The predicted molar refractivity (Wildman–Crippen MR) is 67.6 cm³/mol. The second kappa shape index (κ2) is 6.76. The molecule has 0 aliphatic carbocycles. The number of carbonyl (C=O) groups excluding carboxylic acids is 2. The molecule has 1 unspecified atom stereocenters. The van der Waals surface area contributed by atoms with Crippen LogP contribution < -0.4 is 11.1 Å². The summed E-state index contributed by atoms with van der Waals surface area (Å²) in [5.74, 6) is -1.24. The lowest BCUT2D eigenvalue weighted by Gasteiger charge is -2.12. The number of hydrogen-bond donors (Lipinski definition) is 2. The number of rotatable bonds is 5. The topological polar surface area (TPSA) is 81.4 Å². The molecule has 98 valence electrons. The van der Waals surface area contributed by atoms with Crippen LogP contribution in [0, 0.1) is 6.92 Å². The lowest BCUT2D eigenvalue weighted by Crippen LogP contribution is -2.46. The van der Waals surface area contributed by atoms with Crippen molar-refractivity contribution >= 4 is 11.9 Å². The molecule has 0 aliphatic rings. The molecule has 1 aromatic rings. The molecule has 1 amide bonds. The van der Waals surface area contributed by atoms with E-state index in [1.807, 2.05) is 31.2 Å². The Morgan fingerprint density at radius 3 is 2.67 bits per heavy atom. The Bertz CT molecular complexity index is 432. The minimum atomic E-state index is -1.27. The van der Waals surface area contributed by atoms with Gasteiger partial charge in [-0.3, -0.25) is 4.79 Å². The average molecular weight is 250 g/mol. The largest absolute Gasteiger partial charge is 0.464 e. The second-order valence-electron chi connectivity index (χ2n) is 3.87. The minimum absolute atomic E-state index is 0.206. The van der Waals surface area contributed by atoms with E-state index in [9.17, 15) is 9.59 Å². The summed E-state index contributed by atoms with van der Waals surface area (Å²) in [7, 11) is 0. The molecule has 0 bridgehead atoms. The minimum Gasteiger partial charge on any atom is -0.464 e. The first-order valence-electron chi connectivity index (χ1n) is 5.80. The smallest absolute Gasteiger partial charge is 0.332 e. The first-order chi connectivity index (χ1) is 8.56. The van der Waals surface area contributed by atoms with Gasteiger partial charge < -0.3 is 15.8 Å². The van der Waals surface area contributed by atoms with Crippen LogP contribution in [0.2, 0.25) is 0 Å². The molecule has 3 N–H and O–H groups in total. The summed E-state index contributed by atoms with van der Waals surface area (Å²) >= 11 is 0. The zero-order chi connectivity index (χ0) is 13.5. The third-order valence-electron chi connectivity index (χ3n) is 2.54. The molecule has 0 spiro atoms. The van der Waals surface area contributed by atoms with Gasteiger partial charge >= 0.3 is 5.97 Å². The quantitative estimate of drug-likeness (QED) is 0.589. The van der Waals surface area contributed by atoms with Crippen LogP contribution in [-0.4, -0.2) is 24.5 Å². The van der Waals surface area contributed by atoms with E-state index in [1.54, 1.807) is 6.92 Å². The van der Waals surface area contributed by atoms with Crippen LogP contribution in [0.1, 0.15) is 18.1 Å². The molecule has 18 heavy (non-hydrogen) atoms. The van der Waals surface area contributed by atoms with E-state index in [1.165, 1.54) is 0 Å². The van der Waals surface area contributed by atoms with Crippen LogP contribution in [0.15, 0.2) is 24.3 Å². The molecule has 1 rings (SSSR count). The molecule has 0 saturated carbocycles. The number of ether oxygens (including phenoxy) is 1. The van der Waals surface area contributed by atoms with Crippen LogP contribution >= 0.6 is 0 Å². The summed E-state index contributed by atoms with van der Waals surface area (Å²) in [5.41, 5.74) is 7.52. The van der Waals surface area contributed by atoms with Gasteiger partial charge in [-0.05, 0) is 25.0 Å². The number of esters is 1. The number of nitrogens with two attached hydrogens (primary N) is 1. The number of nitrogens with one attached hydrogen (secondary N) is 1. The third kappa shape index (κ3) is 3.85. The lowest BCUT2D eigenvalue weighted by molar-refractivity contribution is -0.148. The molecular formula is C13H18N2O3. The fourth-order valence-corrected chi connectivity index (χ4v) is 1.44. The van der Waals surface area contributed by atoms with Crippen molar-refractivity contribution in [3.63, 3.8) is 0 Å². The van der Waals surface area contributed by atoms with E-state index < -0.39 is 17.9 Å². The summed E-state index contributed by atoms with van der Waals surface area (Å²) in [5, 5.41) is 2.61. The first kappa shape index (κ1) is 14.2. The fraction of sp³-hybridized carbons (Fsp3) is 0.385. The molecule has 1 atom stereocenters. The molecule has 0 saturated heterocycles. The van der Waals surface area contributed by atoms with Crippen LogP contribution in [0.25, 0.3) is 0 Å². The standard InChI is InChI=1S/C13H18N2O3/c1-3-18-13(17)11(14)12(16)15-8-10-7-5-4-6-9(10)2/h4-7,11H,3,8,14H2,1-2H3,(H,15,16). The average Bonchev–Trinajstić information content (AvgIpc) is 2.36. The molecule has 5 nitrogen and oxygen atoms in total. The van der Waals surface area contributed by atoms with Crippen molar-refractivity contribution in [2.24, 2.45) is 5.73 Å². The third-order valence-corrected chi connectivity index (χ3v) is 2.54. The van der Waals surface area contributed by atoms with E-state index in [2.05, 4.69) is 10.1 Å². The Labute approximate surface area is 106 Å². The molecule has 1 aromatic carbocycles. The highest BCUT2D eigenvalue weighted by Gasteiger charge is 2.22. The highest BCUT2D eigenvalue weighted by molar-refractivity contribution is 6.01. The fourth-order valence-electron chi connectivity index (χ4n) is 1.44. The summed E-state index contributed by atoms with van der Waals surface area (Å²) in [4.78, 5) is 22.9. The Balaban J connectivity index is 2.51. The maximum absolute atomic E-state index is 11.6. The molecule has 0 aromatic heterocycles. The summed E-state index contributed by atoms with van der Waals surface area (Å²) < 4.78 is 4.68. The van der Waals surface area contributed by atoms with Crippen molar-refractivity contribution in [1.29, 1.82) is 0 Å². The van der Waals surface area contributed by atoms with Gasteiger partial charge in [0, 0.05) is 6.54 Å². The molecule has 0 aliphatic heterocycles. The van der Waals surface area contributed by atoms with Gasteiger partial charge in [-0.15, -0.1) is 0 Å². The van der Waals surface area contributed by atoms with E-state index in [0.29, 0.717) is 6.54 Å². The maximum Gasteiger partial charge on any atom is 0.332 e. The Morgan fingerprint density at radius 1 is 1.39 bits per heavy atom. The lowest BCUT2D eigenvalue weighted by atomic mass is 10.1. The van der Waals surface area contributed by atoms with Crippen molar-refractivity contribution in [1.82, 2.24) is 5.32 Å². The van der Waals surface area contributed by atoms with Gasteiger partial charge in [0.25, 0.3) is 0 Å². The van der Waals surface area contributed by atoms with Crippen molar-refractivity contribution in [3.8, 4) is 0 Å². The summed E-state index contributed by atoms with van der Waals surface area (Å²) in [6, 6.07) is 6.40. The van der Waals surface area contributed by atoms with Gasteiger partial charge in [0.05, 0.1) is 6.61 Å². The van der Waals surface area contributed by atoms with Crippen LogP contribution in [0.4, 0.5) is 0 Å². The molecule has 0 radical (unpaired) electrons. The first-order valence-corrected chi connectivity index (χ1v) is 5.80. The van der Waals surface area contributed by atoms with Gasteiger partial charge in [0.1, 0.15) is 0 Å². The van der Waals surface area contributed by atoms with Gasteiger partial charge in [0.2, 0.25) is 5.91 Å². The predicted octanol–water partition coefficient (Wildman–Crippen LogP) is 0.502. The highest BCUT2D eigenvalue weighted by atomic mass is 16.5. The van der Waals surface area contributed by atoms with Crippen molar-refractivity contribution in [3.05, 3.63) is 35.4 Å². The van der Waals surface area contributed by atoms with E-state index in [0.717, 1.165) is 11.1 Å². The summed E-state index contributed by atoms with van der Waals surface area (Å²) in [6.07, 6.45) is 0. The number of hydrogen-bond acceptors (Lipinski definition) is 4. The van der Waals surface area contributed by atoms with Gasteiger partial charge in [-0.1, -0.05) is 24.3 Å². The van der Waals surface area contributed by atoms with Crippen LogP contribution in [0.5, 0.6) is 0 Å². The zero-order valence-corrected chi connectivity index (χ0v) is 10.6. The van der Waals surface area contributed by atoms with E-state index >= 15 is 0 Å². The zero-order valence-electron chi connectivity index (χ0n) is 10.6. The Hall–Kier alpha value is -1.88. The van der Waals surface area contributed by atoms with Gasteiger partial charge in [-0.25, -0.2) is 4.79 Å². The van der Waals surface area contributed by atoms with E-state index in [4.69, 9.17) is 5.73 Å². The Kier molecular flexibility index (Phi) is 5.32. The highest BCUT2D eigenvalue weighted by Crippen LogP contribution is 2.06. The van der Waals surface area contributed by atoms with Crippen molar-refractivity contribution in [2.75, 3.05) is 6.61 Å². The normalized spacial score (nSPS) is 11.7. The van der Waals surface area contributed by atoms with Crippen LogP contribution in [-0.2, 0) is 20.9 Å². The Morgan fingerprint density at radius 2 is 2.06 bits per heavy atom. The van der Waals surface area contributed by atoms with Gasteiger partial charge in [-0.2, -0.15) is 0 Å². The molecular weight excluding hydrogens is 232 g/mol. The summed E-state index contributed by atoms with van der Waals surface area (Å²) in [6.45, 7) is 4.17. The van der Waals surface area contributed by atoms with E-state index in [-0.39, 0.29) is 6.61 Å². The SMILES string of the molecule is CCOC(=O)C(N)C(=O)NCc1ccccc1C. The van der Waals surface area contributed by atoms with Crippen molar-refractivity contribution in [2.45, 2.75) is 26.4 Å². The molecule has 0 heterocycles. The number of benzene rings is 1. The maximum atomic E-state index is 11.6. The van der Waals surface area contributed by atoms with Crippen LogP contribution in [0.3, 0.4) is 0 Å². The van der Waals surface area contributed by atoms with Crippen molar-refractivity contribution < 1.29 is 14.3 Å². The molecule has 0 fully saturated rings. The number of aryl methyl sites for hydroxylation is 1. The number of amides is 1. The number of carbonyl (C=O) groups is 2. The molecule has 5 heteroatoms.